The maximum absolute atomic E-state index is 11.6. The zero-order valence-electron chi connectivity index (χ0n) is 7.74. The van der Waals surface area contributed by atoms with Gasteiger partial charge in [0.1, 0.15) is 0 Å². The van der Waals surface area contributed by atoms with Crippen LogP contribution < -0.4 is 5.32 Å². The maximum Gasteiger partial charge on any atom is 0.0906 e. The summed E-state index contributed by atoms with van der Waals surface area (Å²) in [6.07, 6.45) is 0.584. The molecule has 0 aliphatic rings. The molecule has 0 spiro atoms. The van der Waals surface area contributed by atoms with Crippen LogP contribution in [-0.4, -0.2) is 33.0 Å². The summed E-state index contributed by atoms with van der Waals surface area (Å²) in [6.45, 7) is 8.18. The van der Waals surface area contributed by atoms with Crippen molar-refractivity contribution in [1.29, 1.82) is 0 Å². The normalized spacial score (nSPS) is 10.2. The fourth-order valence-corrected chi connectivity index (χ4v) is 0.708. The number of rotatable bonds is 8. The molecule has 2 nitrogen and oxygen atoms in total. The molecule has 0 rings (SSSR count). The predicted octanol–water partition coefficient (Wildman–Crippen LogP) is 1.53. The quantitative estimate of drug-likeness (QED) is 0.446. The van der Waals surface area contributed by atoms with Gasteiger partial charge in [0.15, 0.2) is 0 Å². The molecule has 3 heteroatoms. The van der Waals surface area contributed by atoms with Gasteiger partial charge in [0, 0.05) is 6.54 Å². The van der Waals surface area contributed by atoms with Crippen LogP contribution in [0.2, 0.25) is 0 Å². The van der Waals surface area contributed by atoms with Gasteiger partial charge in [0.05, 0.1) is 19.9 Å². The first-order valence-electron chi connectivity index (χ1n) is 4.26. The summed E-state index contributed by atoms with van der Waals surface area (Å²) in [5, 5.41) is 3.07. The van der Waals surface area contributed by atoms with Gasteiger partial charge >= 0.3 is 0 Å². The van der Waals surface area contributed by atoms with E-state index in [2.05, 4.69) is 11.9 Å². The van der Waals surface area contributed by atoms with Crippen molar-refractivity contribution < 1.29 is 9.13 Å². The molecule has 12 heavy (non-hydrogen) atoms. The fourth-order valence-electron chi connectivity index (χ4n) is 0.708. The average Bonchev–Trinajstić information content (AvgIpc) is 2.02. The number of ether oxygens (including phenoxy) is 1. The Hall–Kier alpha value is -0.410. The number of hydrogen-bond donors (Lipinski definition) is 1. The van der Waals surface area contributed by atoms with Crippen molar-refractivity contribution in [2.75, 3.05) is 33.0 Å². The van der Waals surface area contributed by atoms with Crippen molar-refractivity contribution in [2.45, 2.75) is 13.3 Å². The number of nitrogens with one attached hydrogen (secondary N) is 1. The fraction of sp³-hybridized carbons (Fsp3) is 0.778. The minimum Gasteiger partial charge on any atom is -0.376 e. The molecule has 0 saturated carbocycles. The van der Waals surface area contributed by atoms with Gasteiger partial charge in [-0.3, -0.25) is 4.39 Å². The lowest BCUT2D eigenvalue weighted by atomic mass is 10.4. The lowest BCUT2D eigenvalue weighted by Crippen LogP contribution is -2.21. The first-order chi connectivity index (χ1) is 5.77. The van der Waals surface area contributed by atoms with Gasteiger partial charge in [-0.25, -0.2) is 0 Å². The number of halogens is 1. The molecule has 0 aromatic heterocycles. The molecule has 0 aliphatic carbocycles. The summed E-state index contributed by atoms with van der Waals surface area (Å²) in [5.74, 6) is 0. The van der Waals surface area contributed by atoms with Crippen molar-refractivity contribution >= 4 is 0 Å². The van der Waals surface area contributed by atoms with Crippen LogP contribution in [0.5, 0.6) is 0 Å². The van der Waals surface area contributed by atoms with Crippen molar-refractivity contribution in [3.63, 3.8) is 0 Å². The molecule has 0 fully saturated rings. The van der Waals surface area contributed by atoms with Gasteiger partial charge < -0.3 is 10.1 Å². The summed E-state index contributed by atoms with van der Waals surface area (Å²) in [6, 6.07) is 0. The standard InChI is InChI=1S/C9H18FNO/c1-9(2)8-12-7-6-11-5-3-4-10/h11H,1,3-8H2,2H3. The molecule has 72 valence electrons. The summed E-state index contributed by atoms with van der Waals surface area (Å²) in [4.78, 5) is 0. The number of hydrogen-bond acceptors (Lipinski definition) is 2. The largest absolute Gasteiger partial charge is 0.376 e. The molecule has 0 radical (unpaired) electrons. The minimum atomic E-state index is -0.250. The van der Waals surface area contributed by atoms with Gasteiger partial charge in [-0.2, -0.15) is 0 Å². The summed E-state index contributed by atoms with van der Waals surface area (Å²) < 4.78 is 16.8. The van der Waals surface area contributed by atoms with Crippen LogP contribution in [0, 0.1) is 0 Å². The zero-order chi connectivity index (χ0) is 9.23. The monoisotopic (exact) mass is 175 g/mol. The van der Waals surface area contributed by atoms with Crippen molar-refractivity contribution in [3.05, 3.63) is 12.2 Å². The molecule has 0 aromatic rings. The molecule has 1 N–H and O–H groups in total. The lowest BCUT2D eigenvalue weighted by molar-refractivity contribution is 0.158. The van der Waals surface area contributed by atoms with Gasteiger partial charge in [0.25, 0.3) is 0 Å². The Morgan fingerprint density at radius 1 is 1.50 bits per heavy atom. The Bertz CT molecular complexity index is 117. The van der Waals surface area contributed by atoms with Gasteiger partial charge in [-0.05, 0) is 19.9 Å². The van der Waals surface area contributed by atoms with Gasteiger partial charge in [0.2, 0.25) is 0 Å². The van der Waals surface area contributed by atoms with E-state index in [1.807, 2.05) is 6.92 Å². The third-order valence-electron chi connectivity index (χ3n) is 1.26. The average molecular weight is 175 g/mol. The van der Waals surface area contributed by atoms with Crippen LogP contribution in [0.4, 0.5) is 4.39 Å². The molecule has 0 aromatic carbocycles. The van der Waals surface area contributed by atoms with E-state index in [1.165, 1.54) is 0 Å². The van der Waals surface area contributed by atoms with E-state index < -0.39 is 0 Å². The molecule has 0 saturated heterocycles. The van der Waals surface area contributed by atoms with E-state index in [1.54, 1.807) is 0 Å². The Morgan fingerprint density at radius 3 is 2.83 bits per heavy atom. The third-order valence-corrected chi connectivity index (χ3v) is 1.26. The first kappa shape index (κ1) is 11.6. The number of alkyl halides is 1. The summed E-state index contributed by atoms with van der Waals surface area (Å²) in [5.41, 5.74) is 1.03. The smallest absolute Gasteiger partial charge is 0.0906 e. The second-order valence-electron chi connectivity index (χ2n) is 2.80. The predicted molar refractivity (Wildman–Crippen MR) is 49.1 cm³/mol. The van der Waals surface area contributed by atoms with E-state index in [4.69, 9.17) is 4.74 Å². The van der Waals surface area contributed by atoms with Crippen molar-refractivity contribution in [1.82, 2.24) is 5.32 Å². The van der Waals surface area contributed by atoms with Crippen LogP contribution in [0.3, 0.4) is 0 Å². The SMILES string of the molecule is C=C(C)COCCNCCCF. The van der Waals surface area contributed by atoms with E-state index in [9.17, 15) is 4.39 Å². The second-order valence-corrected chi connectivity index (χ2v) is 2.80. The Kier molecular flexibility index (Phi) is 8.39. The Balaban J connectivity index is 2.86. The maximum atomic E-state index is 11.6. The van der Waals surface area contributed by atoms with Crippen LogP contribution in [0.25, 0.3) is 0 Å². The summed E-state index contributed by atoms with van der Waals surface area (Å²) in [7, 11) is 0. The molecular formula is C9H18FNO. The van der Waals surface area contributed by atoms with E-state index >= 15 is 0 Å². The minimum absolute atomic E-state index is 0.250. The molecule has 0 amide bonds. The molecule has 0 heterocycles. The lowest BCUT2D eigenvalue weighted by Gasteiger charge is -2.04. The molecule has 0 unspecified atom stereocenters. The topological polar surface area (TPSA) is 21.3 Å². The molecule has 0 aliphatic heterocycles. The van der Waals surface area contributed by atoms with E-state index in [0.717, 1.165) is 18.7 Å². The molecule has 0 atom stereocenters. The highest BCUT2D eigenvalue weighted by Gasteiger charge is 1.89. The highest BCUT2D eigenvalue weighted by molar-refractivity contribution is 4.87. The van der Waals surface area contributed by atoms with Gasteiger partial charge in [-0.15, -0.1) is 0 Å². The van der Waals surface area contributed by atoms with Gasteiger partial charge in [-0.1, -0.05) is 12.2 Å². The van der Waals surface area contributed by atoms with Crippen LogP contribution in [0.1, 0.15) is 13.3 Å². The van der Waals surface area contributed by atoms with E-state index in [-0.39, 0.29) is 6.67 Å². The molecule has 0 bridgehead atoms. The Morgan fingerprint density at radius 2 is 2.25 bits per heavy atom. The Labute approximate surface area is 73.8 Å². The first-order valence-corrected chi connectivity index (χ1v) is 4.26. The van der Waals surface area contributed by atoms with E-state index in [0.29, 0.717) is 19.6 Å². The molecular weight excluding hydrogens is 157 g/mol. The summed E-state index contributed by atoms with van der Waals surface area (Å²) >= 11 is 0. The van der Waals surface area contributed by atoms with Crippen LogP contribution in [-0.2, 0) is 4.74 Å². The van der Waals surface area contributed by atoms with Crippen molar-refractivity contribution in [3.8, 4) is 0 Å². The van der Waals surface area contributed by atoms with Crippen LogP contribution in [0.15, 0.2) is 12.2 Å². The second kappa shape index (κ2) is 8.68. The highest BCUT2D eigenvalue weighted by Crippen LogP contribution is 1.86. The zero-order valence-corrected chi connectivity index (χ0v) is 7.74. The van der Waals surface area contributed by atoms with Crippen molar-refractivity contribution in [2.24, 2.45) is 0 Å². The van der Waals surface area contributed by atoms with Crippen LogP contribution >= 0.6 is 0 Å². The highest BCUT2D eigenvalue weighted by atomic mass is 19.1. The third kappa shape index (κ3) is 9.59.